The second-order valence-electron chi connectivity index (χ2n) is 4.21. The zero-order valence-corrected chi connectivity index (χ0v) is 11.9. The first-order chi connectivity index (χ1) is 8.99. The van der Waals surface area contributed by atoms with Crippen LogP contribution in [0.15, 0.2) is 38.3 Å². The number of hydrogen-bond acceptors (Lipinski definition) is 5. The van der Waals surface area contributed by atoms with E-state index in [-0.39, 0.29) is 17.5 Å². The molecule has 2 aromatic rings. The molecule has 0 spiro atoms. The molecule has 0 saturated heterocycles. The Morgan fingerprint density at radius 3 is 2.47 bits per heavy atom. The minimum atomic E-state index is -0.621. The molecule has 6 heteroatoms. The molecule has 2 rings (SSSR count). The highest BCUT2D eigenvalue weighted by Gasteiger charge is 2.18. The minimum Gasteiger partial charge on any atom is -0.489 e. The van der Waals surface area contributed by atoms with E-state index in [4.69, 9.17) is 10.5 Å². The summed E-state index contributed by atoms with van der Waals surface area (Å²) in [6.45, 7) is 2.25. The van der Waals surface area contributed by atoms with Crippen LogP contribution in [0.3, 0.4) is 0 Å². The van der Waals surface area contributed by atoms with Crippen LogP contribution in [0.5, 0.6) is 5.75 Å². The van der Waals surface area contributed by atoms with Crippen molar-refractivity contribution in [2.24, 2.45) is 0 Å². The van der Waals surface area contributed by atoms with Crippen molar-refractivity contribution < 1.29 is 4.74 Å². The largest absolute Gasteiger partial charge is 0.489 e. The van der Waals surface area contributed by atoms with Crippen LogP contribution in [0.1, 0.15) is 6.92 Å². The first kappa shape index (κ1) is 13.6. The van der Waals surface area contributed by atoms with Gasteiger partial charge in [0.25, 0.3) is 10.9 Å². The monoisotopic (exact) mass is 324 g/mol. The van der Waals surface area contributed by atoms with Gasteiger partial charge in [-0.05, 0) is 31.2 Å². The number of nitrogens with one attached hydrogen (secondary N) is 1. The van der Waals surface area contributed by atoms with Gasteiger partial charge >= 0.3 is 0 Å². The summed E-state index contributed by atoms with van der Waals surface area (Å²) in [5.41, 5.74) is 4.42. The molecule has 0 bridgehead atoms. The van der Waals surface area contributed by atoms with Crippen LogP contribution in [-0.2, 0) is 0 Å². The zero-order valence-electron chi connectivity index (χ0n) is 10.3. The topological polar surface area (TPSA) is 81.4 Å². The predicted molar refractivity (Wildman–Crippen MR) is 78.5 cm³/mol. The van der Waals surface area contributed by atoms with Gasteiger partial charge in [0.2, 0.25) is 0 Å². The van der Waals surface area contributed by atoms with E-state index in [9.17, 15) is 9.59 Å². The fraction of sp³-hybridized carbons (Fsp3) is 0.231. The second kappa shape index (κ2) is 5.44. The van der Waals surface area contributed by atoms with Gasteiger partial charge in [0.15, 0.2) is 0 Å². The number of anilines is 2. The van der Waals surface area contributed by atoms with Crippen molar-refractivity contribution in [3.63, 3.8) is 0 Å². The molecule has 0 fully saturated rings. The fourth-order valence-electron chi connectivity index (χ4n) is 1.62. The van der Waals surface area contributed by atoms with Crippen molar-refractivity contribution >= 4 is 27.3 Å². The standard InChI is InChI=1S/C13H13BrN2O3/c1-7(19-9-4-2-8(14)3-5-9)6-16-11-10(15)12(17)13(11)18/h2-5,7,16H,6,15H2,1H3. The third-order valence-electron chi connectivity index (χ3n) is 2.66. The molecule has 1 atom stereocenters. The van der Waals surface area contributed by atoms with Gasteiger partial charge in [0.1, 0.15) is 23.2 Å². The molecule has 0 aliphatic rings. The molecule has 0 aliphatic carbocycles. The summed E-state index contributed by atoms with van der Waals surface area (Å²) in [7, 11) is 0. The van der Waals surface area contributed by atoms with Crippen molar-refractivity contribution in [3.8, 4) is 5.75 Å². The third kappa shape index (κ3) is 2.96. The molecule has 0 saturated carbocycles. The van der Waals surface area contributed by atoms with E-state index in [1.807, 2.05) is 31.2 Å². The Morgan fingerprint density at radius 2 is 1.89 bits per heavy atom. The maximum absolute atomic E-state index is 11.2. The summed E-state index contributed by atoms with van der Waals surface area (Å²) >= 11 is 3.34. The van der Waals surface area contributed by atoms with Gasteiger partial charge < -0.3 is 15.8 Å². The van der Waals surface area contributed by atoms with Gasteiger partial charge in [0, 0.05) is 4.47 Å². The first-order valence-electron chi connectivity index (χ1n) is 5.74. The van der Waals surface area contributed by atoms with Crippen molar-refractivity contribution in [1.82, 2.24) is 0 Å². The van der Waals surface area contributed by atoms with Crippen LogP contribution in [0.4, 0.5) is 11.4 Å². The molecule has 1 unspecified atom stereocenters. The molecule has 2 aromatic carbocycles. The number of benzene rings is 1. The van der Waals surface area contributed by atoms with Gasteiger partial charge in [-0.1, -0.05) is 15.9 Å². The number of nitrogens with two attached hydrogens (primary N) is 1. The van der Waals surface area contributed by atoms with Crippen LogP contribution < -0.4 is 26.6 Å². The number of halogens is 1. The lowest BCUT2D eigenvalue weighted by Crippen LogP contribution is -2.38. The highest BCUT2D eigenvalue weighted by molar-refractivity contribution is 9.10. The predicted octanol–water partition coefficient (Wildman–Crippen LogP) is 1.51. The van der Waals surface area contributed by atoms with E-state index in [1.165, 1.54) is 0 Å². The van der Waals surface area contributed by atoms with Crippen molar-refractivity contribution in [2.75, 3.05) is 17.6 Å². The zero-order chi connectivity index (χ0) is 14.0. The van der Waals surface area contributed by atoms with Crippen LogP contribution in [-0.4, -0.2) is 12.6 Å². The van der Waals surface area contributed by atoms with Gasteiger partial charge in [-0.15, -0.1) is 0 Å². The lowest BCUT2D eigenvalue weighted by Gasteiger charge is -2.17. The summed E-state index contributed by atoms with van der Waals surface area (Å²) in [4.78, 5) is 22.1. The Balaban J connectivity index is 1.89. The molecular formula is C13H13BrN2O3. The molecule has 5 nitrogen and oxygen atoms in total. The van der Waals surface area contributed by atoms with Crippen molar-refractivity contribution in [3.05, 3.63) is 49.2 Å². The van der Waals surface area contributed by atoms with E-state index in [2.05, 4.69) is 21.2 Å². The maximum Gasteiger partial charge on any atom is 0.253 e. The number of nitrogen functional groups attached to an aromatic ring is 1. The molecule has 0 heterocycles. The molecule has 19 heavy (non-hydrogen) atoms. The second-order valence-corrected chi connectivity index (χ2v) is 5.13. The third-order valence-corrected chi connectivity index (χ3v) is 3.19. The highest BCUT2D eigenvalue weighted by Crippen LogP contribution is 2.17. The number of hydrogen-bond donors (Lipinski definition) is 2. The normalized spacial score (nSPS) is 12.3. The minimum absolute atomic E-state index is 0.000779. The Morgan fingerprint density at radius 1 is 1.26 bits per heavy atom. The first-order valence-corrected chi connectivity index (χ1v) is 6.53. The van der Waals surface area contributed by atoms with Gasteiger partial charge in [0.05, 0.1) is 6.54 Å². The van der Waals surface area contributed by atoms with E-state index in [0.717, 1.165) is 10.2 Å². The quantitative estimate of drug-likeness (QED) is 0.815. The number of ether oxygens (including phenoxy) is 1. The SMILES string of the molecule is CC(CNc1c(N)c(=O)c1=O)Oc1ccc(Br)cc1. The smallest absolute Gasteiger partial charge is 0.253 e. The van der Waals surface area contributed by atoms with E-state index < -0.39 is 10.9 Å². The molecule has 0 radical (unpaired) electrons. The Labute approximate surface area is 118 Å². The Bertz CT molecular complexity index is 645. The van der Waals surface area contributed by atoms with Gasteiger partial charge in [-0.25, -0.2) is 0 Å². The van der Waals surface area contributed by atoms with Crippen LogP contribution in [0.25, 0.3) is 0 Å². The van der Waals surface area contributed by atoms with Gasteiger partial charge in [-0.2, -0.15) is 0 Å². The molecule has 100 valence electrons. The lowest BCUT2D eigenvalue weighted by molar-refractivity contribution is 0.234. The van der Waals surface area contributed by atoms with E-state index in [1.54, 1.807) is 0 Å². The van der Waals surface area contributed by atoms with E-state index >= 15 is 0 Å². The van der Waals surface area contributed by atoms with E-state index in [0.29, 0.717) is 6.54 Å². The molecule has 3 N–H and O–H groups in total. The summed E-state index contributed by atoms with van der Waals surface area (Å²) in [6.07, 6.45) is -0.162. The van der Waals surface area contributed by atoms with Crippen molar-refractivity contribution in [2.45, 2.75) is 13.0 Å². The maximum atomic E-state index is 11.2. The summed E-state index contributed by atoms with van der Waals surface area (Å²) < 4.78 is 6.62. The van der Waals surface area contributed by atoms with Crippen LogP contribution >= 0.6 is 15.9 Å². The molecule has 0 aromatic heterocycles. The van der Waals surface area contributed by atoms with Gasteiger partial charge in [-0.3, -0.25) is 9.59 Å². The summed E-state index contributed by atoms with van der Waals surface area (Å²) in [6, 6.07) is 7.44. The van der Waals surface area contributed by atoms with Crippen molar-refractivity contribution in [1.29, 1.82) is 0 Å². The summed E-state index contributed by atoms with van der Waals surface area (Å²) in [5.74, 6) is 0.732. The molecular weight excluding hydrogens is 312 g/mol. The average Bonchev–Trinajstić information content (AvgIpc) is 2.41. The highest BCUT2D eigenvalue weighted by atomic mass is 79.9. The fourth-order valence-corrected chi connectivity index (χ4v) is 1.88. The number of rotatable bonds is 5. The Kier molecular flexibility index (Phi) is 3.90. The molecule has 0 amide bonds. The summed E-state index contributed by atoms with van der Waals surface area (Å²) in [5, 5.41) is 2.83. The lowest BCUT2D eigenvalue weighted by atomic mass is 10.2. The van der Waals surface area contributed by atoms with Crippen LogP contribution in [0.2, 0.25) is 0 Å². The average molecular weight is 325 g/mol. The van der Waals surface area contributed by atoms with Crippen LogP contribution in [0, 0.1) is 0 Å². The molecule has 0 aliphatic heterocycles. The Hall–Kier alpha value is -1.82.